The van der Waals surface area contributed by atoms with Crippen molar-refractivity contribution in [2.75, 3.05) is 11.1 Å². The quantitative estimate of drug-likeness (QED) is 0.801. The number of anilines is 1. The fourth-order valence-electron chi connectivity index (χ4n) is 3.63. The molecule has 2 aliphatic heterocycles. The fraction of sp³-hybridized carbons (Fsp3) is 0.261. The molecule has 29 heavy (non-hydrogen) atoms. The number of benzene rings is 2. The van der Waals surface area contributed by atoms with Gasteiger partial charge in [0.05, 0.1) is 23.1 Å². The van der Waals surface area contributed by atoms with Crippen LogP contribution in [0.25, 0.3) is 0 Å². The Morgan fingerprint density at radius 2 is 1.83 bits per heavy atom. The molecule has 5 nitrogen and oxygen atoms in total. The Bertz CT molecular complexity index is 1010. The topological polar surface area (TPSA) is 61.8 Å². The summed E-state index contributed by atoms with van der Waals surface area (Å²) in [5.41, 5.74) is 3.99. The Morgan fingerprint density at radius 1 is 1.14 bits per heavy atom. The van der Waals surface area contributed by atoms with E-state index in [2.05, 4.69) is 36.3 Å². The first-order chi connectivity index (χ1) is 14.0. The van der Waals surface area contributed by atoms with Gasteiger partial charge in [-0.3, -0.25) is 14.5 Å². The molecule has 0 bridgehead atoms. The van der Waals surface area contributed by atoms with E-state index in [9.17, 15) is 9.59 Å². The Balaban J connectivity index is 1.76. The van der Waals surface area contributed by atoms with Crippen LogP contribution in [0.5, 0.6) is 0 Å². The van der Waals surface area contributed by atoms with Crippen molar-refractivity contribution in [3.8, 4) is 0 Å². The van der Waals surface area contributed by atoms with Crippen molar-refractivity contribution in [2.45, 2.75) is 32.7 Å². The molecular formula is C23H23N3O2S. The van der Waals surface area contributed by atoms with Crippen LogP contribution in [0.15, 0.2) is 70.9 Å². The van der Waals surface area contributed by atoms with Crippen LogP contribution in [0, 0.1) is 0 Å². The first kappa shape index (κ1) is 19.5. The number of carbonyl (C=O) groups excluding carboxylic acids is 2. The van der Waals surface area contributed by atoms with Crippen LogP contribution in [0.2, 0.25) is 0 Å². The molecule has 6 heteroatoms. The molecule has 1 atom stereocenters. The van der Waals surface area contributed by atoms with Gasteiger partial charge >= 0.3 is 0 Å². The molecule has 0 saturated carbocycles. The second-order valence-corrected chi connectivity index (χ2v) is 8.43. The van der Waals surface area contributed by atoms with Crippen LogP contribution < -0.4 is 5.32 Å². The number of para-hydroxylation sites is 1. The molecule has 0 aliphatic carbocycles. The summed E-state index contributed by atoms with van der Waals surface area (Å²) in [4.78, 5) is 32.2. The van der Waals surface area contributed by atoms with Crippen molar-refractivity contribution in [1.29, 1.82) is 0 Å². The molecule has 2 heterocycles. The molecule has 1 fully saturated rings. The van der Waals surface area contributed by atoms with Gasteiger partial charge in [-0.15, -0.1) is 0 Å². The summed E-state index contributed by atoms with van der Waals surface area (Å²) in [7, 11) is 0. The van der Waals surface area contributed by atoms with Gasteiger partial charge in [-0.05, 0) is 36.1 Å². The maximum atomic E-state index is 13.2. The van der Waals surface area contributed by atoms with Crippen LogP contribution in [0.3, 0.4) is 0 Å². The van der Waals surface area contributed by atoms with Crippen LogP contribution in [0.1, 0.15) is 43.9 Å². The SMILES string of the molecule is CC1=C(C(=O)Nc2ccccc2)[C@H](c2ccc(C(C)C)cc2)N2C(=O)CSC2=N1. The first-order valence-electron chi connectivity index (χ1n) is 9.66. The number of amidine groups is 1. The van der Waals surface area contributed by atoms with Crippen molar-refractivity contribution in [1.82, 2.24) is 4.90 Å². The number of hydrogen-bond acceptors (Lipinski definition) is 4. The number of rotatable bonds is 4. The van der Waals surface area contributed by atoms with Crippen LogP contribution in [0.4, 0.5) is 5.69 Å². The van der Waals surface area contributed by atoms with Gasteiger partial charge < -0.3 is 5.32 Å². The lowest BCUT2D eigenvalue weighted by Gasteiger charge is -2.33. The zero-order chi connectivity index (χ0) is 20.5. The molecule has 2 aromatic carbocycles. The number of hydrogen-bond donors (Lipinski definition) is 1. The lowest BCUT2D eigenvalue weighted by Crippen LogP contribution is -2.40. The van der Waals surface area contributed by atoms with Crippen LogP contribution in [-0.4, -0.2) is 27.6 Å². The second kappa shape index (κ2) is 7.87. The maximum Gasteiger partial charge on any atom is 0.255 e. The van der Waals surface area contributed by atoms with E-state index in [4.69, 9.17) is 0 Å². The minimum atomic E-state index is -0.477. The molecule has 1 saturated heterocycles. The molecule has 1 N–H and O–H groups in total. The third kappa shape index (κ3) is 3.72. The van der Waals surface area contributed by atoms with Crippen molar-refractivity contribution < 1.29 is 9.59 Å². The number of amides is 2. The predicted octanol–water partition coefficient (Wildman–Crippen LogP) is 4.71. The summed E-state index contributed by atoms with van der Waals surface area (Å²) in [5.74, 6) is 0.498. The minimum Gasteiger partial charge on any atom is -0.322 e. The highest BCUT2D eigenvalue weighted by Crippen LogP contribution is 2.41. The second-order valence-electron chi connectivity index (χ2n) is 7.49. The Kier molecular flexibility index (Phi) is 5.28. The molecule has 0 spiro atoms. The van der Waals surface area contributed by atoms with E-state index in [1.807, 2.05) is 49.4 Å². The number of nitrogens with one attached hydrogen (secondary N) is 1. The zero-order valence-corrected chi connectivity index (χ0v) is 17.5. The fourth-order valence-corrected chi connectivity index (χ4v) is 4.57. The van der Waals surface area contributed by atoms with E-state index in [1.165, 1.54) is 17.3 Å². The van der Waals surface area contributed by atoms with Crippen molar-refractivity contribution in [3.05, 3.63) is 77.0 Å². The molecule has 0 radical (unpaired) electrons. The number of nitrogens with zero attached hydrogens (tertiary/aromatic N) is 2. The lowest BCUT2D eigenvalue weighted by atomic mass is 9.91. The van der Waals surface area contributed by atoms with Crippen molar-refractivity contribution in [3.63, 3.8) is 0 Å². The molecular weight excluding hydrogens is 382 g/mol. The summed E-state index contributed by atoms with van der Waals surface area (Å²) in [6, 6.07) is 17.0. The normalized spacial score (nSPS) is 18.8. The van der Waals surface area contributed by atoms with Gasteiger partial charge in [-0.2, -0.15) is 0 Å². The summed E-state index contributed by atoms with van der Waals surface area (Å²) in [6.07, 6.45) is 0. The van der Waals surface area contributed by atoms with E-state index in [1.54, 1.807) is 4.90 Å². The summed E-state index contributed by atoms with van der Waals surface area (Å²) < 4.78 is 0. The first-order valence-corrected chi connectivity index (χ1v) is 10.6. The predicted molar refractivity (Wildman–Crippen MR) is 118 cm³/mol. The highest BCUT2D eigenvalue weighted by atomic mass is 32.2. The van der Waals surface area contributed by atoms with Crippen LogP contribution >= 0.6 is 11.8 Å². The van der Waals surface area contributed by atoms with E-state index < -0.39 is 6.04 Å². The van der Waals surface area contributed by atoms with Gasteiger partial charge in [0.25, 0.3) is 5.91 Å². The smallest absolute Gasteiger partial charge is 0.255 e. The third-order valence-corrected chi connectivity index (χ3v) is 6.12. The van der Waals surface area contributed by atoms with Gasteiger partial charge in [-0.25, -0.2) is 4.99 Å². The monoisotopic (exact) mass is 405 g/mol. The number of fused-ring (bicyclic) bond motifs is 1. The zero-order valence-electron chi connectivity index (χ0n) is 16.7. The van der Waals surface area contributed by atoms with Gasteiger partial charge in [0.1, 0.15) is 0 Å². The molecule has 2 aromatic rings. The van der Waals surface area contributed by atoms with Gasteiger partial charge in [0.15, 0.2) is 5.17 Å². The highest BCUT2D eigenvalue weighted by molar-refractivity contribution is 8.15. The summed E-state index contributed by atoms with van der Waals surface area (Å²) in [6.45, 7) is 6.12. The van der Waals surface area contributed by atoms with Crippen molar-refractivity contribution in [2.24, 2.45) is 4.99 Å². The largest absolute Gasteiger partial charge is 0.322 e. The molecule has 148 valence electrons. The van der Waals surface area contributed by atoms with Gasteiger partial charge in [0.2, 0.25) is 5.91 Å². The third-order valence-electron chi connectivity index (χ3n) is 5.18. The molecule has 4 rings (SSSR count). The highest BCUT2D eigenvalue weighted by Gasteiger charge is 2.42. The number of thioether (sulfide) groups is 1. The van der Waals surface area contributed by atoms with E-state index in [-0.39, 0.29) is 11.8 Å². The molecule has 0 unspecified atom stereocenters. The number of carbonyl (C=O) groups is 2. The van der Waals surface area contributed by atoms with E-state index in [0.29, 0.717) is 33.8 Å². The Labute approximate surface area is 174 Å². The standard InChI is InChI=1S/C23H23N3O2S/c1-14(2)16-9-11-17(12-10-16)21-20(22(28)25-18-7-5-4-6-8-18)15(3)24-23-26(21)19(27)13-29-23/h4-12,14,21H,13H2,1-3H3,(H,25,28)/t21-/m0/s1. The lowest BCUT2D eigenvalue weighted by molar-refractivity contribution is -0.125. The molecule has 2 aliphatic rings. The minimum absolute atomic E-state index is 0.0239. The number of aliphatic imine (C=N–C) groups is 1. The van der Waals surface area contributed by atoms with Crippen molar-refractivity contribution >= 4 is 34.4 Å². The average molecular weight is 406 g/mol. The average Bonchev–Trinajstić information content (AvgIpc) is 3.08. The molecule has 2 amide bonds. The maximum absolute atomic E-state index is 13.2. The van der Waals surface area contributed by atoms with Gasteiger partial charge in [-0.1, -0.05) is 68.1 Å². The van der Waals surface area contributed by atoms with Gasteiger partial charge in [0, 0.05) is 5.69 Å². The Morgan fingerprint density at radius 3 is 2.48 bits per heavy atom. The Hall–Kier alpha value is -2.86. The number of allylic oxidation sites excluding steroid dienone is 1. The summed E-state index contributed by atoms with van der Waals surface area (Å²) >= 11 is 1.42. The van der Waals surface area contributed by atoms with E-state index >= 15 is 0 Å². The van der Waals surface area contributed by atoms with Crippen LogP contribution in [-0.2, 0) is 9.59 Å². The molecule has 0 aromatic heterocycles. The summed E-state index contributed by atoms with van der Waals surface area (Å²) in [5, 5.41) is 3.62. The van der Waals surface area contributed by atoms with E-state index in [0.717, 1.165) is 5.56 Å².